The summed E-state index contributed by atoms with van der Waals surface area (Å²) in [6.45, 7) is 0. The molecule has 0 spiro atoms. The molecule has 1 aromatic heterocycles. The average Bonchev–Trinajstić information content (AvgIpc) is 2.81. The van der Waals surface area contributed by atoms with E-state index in [0.717, 1.165) is 10.5 Å². The van der Waals surface area contributed by atoms with Crippen LogP contribution < -0.4 is 0 Å². The molecule has 6 heteroatoms. The maximum Gasteiger partial charge on any atom is 0.194 e. The Labute approximate surface area is 115 Å². The first-order valence-corrected chi connectivity index (χ1v) is 6.17. The van der Waals surface area contributed by atoms with Gasteiger partial charge in [-0.1, -0.05) is 15.9 Å². The van der Waals surface area contributed by atoms with E-state index in [-0.39, 0.29) is 11.0 Å². The Morgan fingerprint density at radius 1 is 1.16 bits per heavy atom. The molecule has 3 nitrogen and oxygen atoms in total. The third-order valence-corrected chi connectivity index (χ3v) is 3.33. The molecule has 0 aliphatic heterocycles. The van der Waals surface area contributed by atoms with E-state index in [2.05, 4.69) is 20.9 Å². The number of hydrogen-bond donors (Lipinski definition) is 1. The zero-order valence-electron chi connectivity index (χ0n) is 9.44. The van der Waals surface area contributed by atoms with Crippen molar-refractivity contribution in [3.8, 4) is 11.4 Å². The van der Waals surface area contributed by atoms with Crippen molar-refractivity contribution in [1.82, 2.24) is 9.55 Å². The number of hydrogen-bond acceptors (Lipinski definition) is 2. The van der Waals surface area contributed by atoms with E-state index in [4.69, 9.17) is 0 Å². The summed E-state index contributed by atoms with van der Waals surface area (Å²) in [5, 5.41) is 9.34. The number of phenols is 1. The van der Waals surface area contributed by atoms with Crippen molar-refractivity contribution < 1.29 is 13.9 Å². The van der Waals surface area contributed by atoms with Gasteiger partial charge in [-0.25, -0.2) is 13.8 Å². The highest BCUT2D eigenvalue weighted by Gasteiger charge is 2.17. The van der Waals surface area contributed by atoms with E-state index in [1.54, 1.807) is 24.3 Å². The normalized spacial score (nSPS) is 11.1. The van der Waals surface area contributed by atoms with Gasteiger partial charge in [-0.15, -0.1) is 0 Å². The van der Waals surface area contributed by atoms with Crippen molar-refractivity contribution in [3.05, 3.63) is 52.8 Å². The maximum atomic E-state index is 14.0. The molecule has 0 unspecified atom stereocenters. The molecule has 0 radical (unpaired) electrons. The number of benzene rings is 2. The van der Waals surface area contributed by atoms with Crippen molar-refractivity contribution in [2.45, 2.75) is 0 Å². The van der Waals surface area contributed by atoms with Crippen LogP contribution in [0, 0.1) is 11.6 Å². The lowest BCUT2D eigenvalue weighted by atomic mass is 10.2. The predicted octanol–water partition coefficient (Wildman–Crippen LogP) is 3.77. The highest BCUT2D eigenvalue weighted by molar-refractivity contribution is 9.10. The smallest absolute Gasteiger partial charge is 0.194 e. The third-order valence-electron chi connectivity index (χ3n) is 2.81. The van der Waals surface area contributed by atoms with Gasteiger partial charge in [0.25, 0.3) is 0 Å². The average molecular weight is 325 g/mol. The zero-order chi connectivity index (χ0) is 13.6. The Kier molecular flexibility index (Phi) is 2.74. The first-order chi connectivity index (χ1) is 9.08. The number of imidazole rings is 1. The second kappa shape index (κ2) is 4.31. The fourth-order valence-corrected chi connectivity index (χ4v) is 2.15. The van der Waals surface area contributed by atoms with Crippen LogP contribution >= 0.6 is 15.9 Å². The van der Waals surface area contributed by atoms with Gasteiger partial charge in [-0.05, 0) is 24.3 Å². The minimum Gasteiger partial charge on any atom is -0.503 e. The summed E-state index contributed by atoms with van der Waals surface area (Å²) in [6, 6.07) is 8.10. The topological polar surface area (TPSA) is 38.1 Å². The fourth-order valence-electron chi connectivity index (χ4n) is 1.89. The van der Waals surface area contributed by atoms with E-state index >= 15 is 0 Å². The molecule has 0 amide bonds. The third kappa shape index (κ3) is 1.88. The van der Waals surface area contributed by atoms with Crippen LogP contribution in [0.15, 0.2) is 41.1 Å². The van der Waals surface area contributed by atoms with Crippen molar-refractivity contribution in [3.63, 3.8) is 0 Å². The molecule has 0 saturated heterocycles. The number of nitrogens with zero attached hydrogens (tertiary/aromatic N) is 2. The summed E-state index contributed by atoms with van der Waals surface area (Å²) < 4.78 is 29.5. The second-order valence-corrected chi connectivity index (χ2v) is 4.90. The van der Waals surface area contributed by atoms with Crippen LogP contribution in [0.25, 0.3) is 16.7 Å². The quantitative estimate of drug-likeness (QED) is 0.740. The SMILES string of the molecule is Oc1c(F)cc2ncn(-c3ccc(Br)cc3)c2c1F. The lowest BCUT2D eigenvalue weighted by Crippen LogP contribution is -1.95. The van der Waals surface area contributed by atoms with Gasteiger partial charge in [0.05, 0.1) is 5.52 Å². The van der Waals surface area contributed by atoms with Crippen molar-refractivity contribution in [2.24, 2.45) is 0 Å². The first kappa shape index (κ1) is 12.1. The van der Waals surface area contributed by atoms with Crippen LogP contribution in [-0.4, -0.2) is 14.7 Å². The fraction of sp³-hybridized carbons (Fsp3) is 0. The predicted molar refractivity (Wildman–Crippen MR) is 70.4 cm³/mol. The lowest BCUT2D eigenvalue weighted by molar-refractivity contribution is 0.399. The summed E-state index contributed by atoms with van der Waals surface area (Å²) in [5.41, 5.74) is 0.854. The monoisotopic (exact) mass is 324 g/mol. The molecule has 0 saturated carbocycles. The molecule has 3 rings (SSSR count). The van der Waals surface area contributed by atoms with Crippen LogP contribution in [0.3, 0.4) is 0 Å². The van der Waals surface area contributed by atoms with Crippen LogP contribution in [0.4, 0.5) is 8.78 Å². The van der Waals surface area contributed by atoms with Crippen LogP contribution in [0.5, 0.6) is 5.75 Å². The largest absolute Gasteiger partial charge is 0.503 e. The molecule has 0 atom stereocenters. The number of phenolic OH excluding ortho intramolecular Hbond substituents is 1. The standard InChI is InChI=1S/C13H7BrF2N2O/c14-7-1-3-8(4-2-7)18-6-17-10-5-9(15)13(19)11(16)12(10)18/h1-6,19H. The van der Waals surface area contributed by atoms with E-state index in [1.807, 2.05) is 0 Å². The lowest BCUT2D eigenvalue weighted by Gasteiger charge is -2.06. The minimum atomic E-state index is -1.02. The molecule has 2 aromatic carbocycles. The summed E-state index contributed by atoms with van der Waals surface area (Å²) >= 11 is 3.31. The summed E-state index contributed by atoms with van der Waals surface area (Å²) in [6.07, 6.45) is 1.38. The number of halogens is 3. The van der Waals surface area contributed by atoms with Crippen molar-refractivity contribution in [2.75, 3.05) is 0 Å². The number of aromatic hydroxyl groups is 1. The molecule has 19 heavy (non-hydrogen) atoms. The van der Waals surface area contributed by atoms with Crippen LogP contribution in [-0.2, 0) is 0 Å². The van der Waals surface area contributed by atoms with Crippen LogP contribution in [0.2, 0.25) is 0 Å². The molecule has 1 heterocycles. The van der Waals surface area contributed by atoms with Gasteiger partial charge < -0.3 is 5.11 Å². The molecule has 0 fully saturated rings. The van der Waals surface area contributed by atoms with Crippen molar-refractivity contribution >= 4 is 27.0 Å². The van der Waals surface area contributed by atoms with Gasteiger partial charge >= 0.3 is 0 Å². The van der Waals surface area contributed by atoms with E-state index in [0.29, 0.717) is 5.69 Å². The summed E-state index contributed by atoms with van der Waals surface area (Å²) in [4.78, 5) is 3.94. The Bertz CT molecular complexity index is 768. The summed E-state index contributed by atoms with van der Waals surface area (Å²) in [7, 11) is 0. The highest BCUT2D eigenvalue weighted by Crippen LogP contribution is 2.29. The van der Waals surface area contributed by atoms with E-state index in [1.165, 1.54) is 10.9 Å². The van der Waals surface area contributed by atoms with Crippen LogP contribution in [0.1, 0.15) is 0 Å². The first-order valence-electron chi connectivity index (χ1n) is 5.38. The van der Waals surface area contributed by atoms with Gasteiger partial charge in [-0.3, -0.25) is 4.57 Å². The van der Waals surface area contributed by atoms with E-state index in [9.17, 15) is 13.9 Å². The molecule has 3 aromatic rings. The highest BCUT2D eigenvalue weighted by atomic mass is 79.9. The maximum absolute atomic E-state index is 14.0. The number of aromatic nitrogens is 2. The zero-order valence-corrected chi connectivity index (χ0v) is 11.0. The van der Waals surface area contributed by atoms with E-state index < -0.39 is 17.4 Å². The van der Waals surface area contributed by atoms with Crippen molar-refractivity contribution in [1.29, 1.82) is 0 Å². The van der Waals surface area contributed by atoms with Gasteiger partial charge in [0.2, 0.25) is 0 Å². The molecular weight excluding hydrogens is 318 g/mol. The van der Waals surface area contributed by atoms with Gasteiger partial charge in [-0.2, -0.15) is 0 Å². The Morgan fingerprint density at radius 3 is 2.53 bits per heavy atom. The minimum absolute atomic E-state index is 0.0428. The van der Waals surface area contributed by atoms with Gasteiger partial charge in [0.1, 0.15) is 11.8 Å². The molecule has 96 valence electrons. The Hall–Kier alpha value is -1.95. The molecule has 1 N–H and O–H groups in total. The summed E-state index contributed by atoms with van der Waals surface area (Å²) in [5.74, 6) is -3.03. The molecule has 0 bridgehead atoms. The Balaban J connectivity index is 2.31. The number of rotatable bonds is 1. The Morgan fingerprint density at radius 2 is 1.84 bits per heavy atom. The molecule has 0 aliphatic carbocycles. The number of fused-ring (bicyclic) bond motifs is 1. The molecular formula is C13H7BrF2N2O. The van der Waals surface area contributed by atoms with Gasteiger partial charge in [0.15, 0.2) is 17.4 Å². The van der Waals surface area contributed by atoms with Gasteiger partial charge in [0, 0.05) is 16.2 Å². The molecule has 0 aliphatic rings. The second-order valence-electron chi connectivity index (χ2n) is 3.98.